The molecule has 0 saturated heterocycles. The summed E-state index contributed by atoms with van der Waals surface area (Å²) in [7, 11) is 0. The second-order valence-corrected chi connectivity index (χ2v) is 8.74. The zero-order chi connectivity index (χ0) is 20.1. The van der Waals surface area contributed by atoms with Gasteiger partial charge in [0.15, 0.2) is 0 Å². The molecule has 0 heterocycles. The number of fused-ring (bicyclic) bond motifs is 1. The smallest absolute Gasteiger partial charge is 0.0665 e. The summed E-state index contributed by atoms with van der Waals surface area (Å²) in [5, 5.41) is 4.06. The van der Waals surface area contributed by atoms with Gasteiger partial charge in [-0.2, -0.15) is 0 Å². The number of unbranched alkanes of at least 4 members (excludes halogenated alkanes) is 1. The second-order valence-electron chi connectivity index (χ2n) is 8.74. The highest BCUT2D eigenvalue weighted by atomic mass is 15.0. The molecule has 29 heavy (non-hydrogen) atoms. The molecule has 2 aromatic carbocycles. The Bertz CT molecular complexity index is 862. The summed E-state index contributed by atoms with van der Waals surface area (Å²) in [5.74, 6) is 0.690. The van der Waals surface area contributed by atoms with Crippen molar-refractivity contribution in [2.45, 2.75) is 70.8 Å². The molecule has 1 saturated carbocycles. The summed E-state index contributed by atoms with van der Waals surface area (Å²) in [6.45, 7) is 4.60. The molecule has 2 atom stereocenters. The van der Waals surface area contributed by atoms with Gasteiger partial charge >= 0.3 is 0 Å². The third kappa shape index (κ3) is 3.92. The first kappa shape index (κ1) is 20.0. The van der Waals surface area contributed by atoms with Gasteiger partial charge in [0.2, 0.25) is 0 Å². The number of hydrogen-bond acceptors (Lipinski definition) is 1. The van der Waals surface area contributed by atoms with Crippen molar-refractivity contribution in [2.24, 2.45) is 5.92 Å². The molecular formula is C28H35N. The van der Waals surface area contributed by atoms with Gasteiger partial charge < -0.3 is 5.32 Å². The van der Waals surface area contributed by atoms with Crippen LogP contribution in [-0.4, -0.2) is 5.54 Å². The summed E-state index contributed by atoms with van der Waals surface area (Å²) >= 11 is 0. The first-order valence-electron chi connectivity index (χ1n) is 11.6. The van der Waals surface area contributed by atoms with E-state index in [1.807, 2.05) is 0 Å². The van der Waals surface area contributed by atoms with E-state index >= 15 is 0 Å². The lowest BCUT2D eigenvalue weighted by Gasteiger charge is -2.36. The maximum Gasteiger partial charge on any atom is 0.0665 e. The maximum absolute atomic E-state index is 4.06. The van der Waals surface area contributed by atoms with Crippen LogP contribution in [0.2, 0.25) is 0 Å². The molecule has 4 rings (SSSR count). The minimum Gasteiger partial charge on any atom is -0.375 e. The second kappa shape index (κ2) is 9.03. The number of hydrogen-bond donors (Lipinski definition) is 1. The van der Waals surface area contributed by atoms with E-state index in [4.69, 9.17) is 0 Å². The number of para-hydroxylation sites is 1. The van der Waals surface area contributed by atoms with Crippen LogP contribution in [0.3, 0.4) is 0 Å². The lowest BCUT2D eigenvalue weighted by Crippen LogP contribution is -2.40. The Morgan fingerprint density at radius 3 is 2.41 bits per heavy atom. The Kier molecular flexibility index (Phi) is 6.23. The van der Waals surface area contributed by atoms with Crippen molar-refractivity contribution in [3.05, 3.63) is 83.4 Å². The Labute approximate surface area is 176 Å². The normalized spacial score (nSPS) is 24.1. The lowest BCUT2D eigenvalue weighted by molar-refractivity contribution is 0.457. The third-order valence-corrected chi connectivity index (χ3v) is 6.81. The van der Waals surface area contributed by atoms with Gasteiger partial charge in [-0.25, -0.2) is 0 Å². The molecule has 152 valence electrons. The van der Waals surface area contributed by atoms with Crippen LogP contribution < -0.4 is 5.32 Å². The van der Waals surface area contributed by atoms with Crippen LogP contribution in [0.25, 0.3) is 5.57 Å². The molecule has 1 N–H and O–H groups in total. The van der Waals surface area contributed by atoms with E-state index in [0.29, 0.717) is 5.92 Å². The highest BCUT2D eigenvalue weighted by Gasteiger charge is 2.51. The Balaban J connectivity index is 1.86. The molecule has 2 aliphatic carbocycles. The first-order valence-corrected chi connectivity index (χ1v) is 11.6. The van der Waals surface area contributed by atoms with E-state index in [9.17, 15) is 0 Å². The SMILES string of the molecule is CCCC=C(CCC)C1=C(c2ccccc2)[C@@]2(Nc3ccccc3)CCC[C@H]2C1. The van der Waals surface area contributed by atoms with E-state index < -0.39 is 0 Å². The zero-order valence-corrected chi connectivity index (χ0v) is 18.1. The predicted octanol–water partition coefficient (Wildman–Crippen LogP) is 8.02. The summed E-state index contributed by atoms with van der Waals surface area (Å²) in [6.07, 6.45) is 12.4. The molecule has 1 nitrogen and oxygen atoms in total. The fourth-order valence-electron chi connectivity index (χ4n) is 5.60. The fraction of sp³-hybridized carbons (Fsp3) is 0.429. The largest absolute Gasteiger partial charge is 0.375 e. The first-order chi connectivity index (χ1) is 14.3. The monoisotopic (exact) mass is 385 g/mol. The predicted molar refractivity (Wildman–Crippen MR) is 126 cm³/mol. The quantitative estimate of drug-likeness (QED) is 0.485. The highest BCUT2D eigenvalue weighted by Crippen LogP contribution is 2.57. The number of benzene rings is 2. The van der Waals surface area contributed by atoms with Crippen molar-refractivity contribution in [2.75, 3.05) is 5.32 Å². The minimum atomic E-state index is 0.0666. The summed E-state index contributed by atoms with van der Waals surface area (Å²) in [6, 6.07) is 22.1. The van der Waals surface area contributed by atoms with Crippen LogP contribution in [0.5, 0.6) is 0 Å². The van der Waals surface area contributed by atoms with Gasteiger partial charge in [0.1, 0.15) is 0 Å². The van der Waals surface area contributed by atoms with Gasteiger partial charge in [0, 0.05) is 5.69 Å². The average Bonchev–Trinajstić information content (AvgIpc) is 3.28. The van der Waals surface area contributed by atoms with E-state index in [2.05, 4.69) is 85.9 Å². The molecule has 2 aliphatic rings. The molecule has 1 fully saturated rings. The van der Waals surface area contributed by atoms with Crippen LogP contribution in [0.15, 0.2) is 77.9 Å². The van der Waals surface area contributed by atoms with E-state index in [1.54, 1.807) is 16.7 Å². The molecule has 0 amide bonds. The van der Waals surface area contributed by atoms with Crippen molar-refractivity contribution in [1.82, 2.24) is 0 Å². The van der Waals surface area contributed by atoms with E-state index in [-0.39, 0.29) is 5.54 Å². The molecule has 0 bridgehead atoms. The van der Waals surface area contributed by atoms with Gasteiger partial charge in [0.25, 0.3) is 0 Å². The highest BCUT2D eigenvalue weighted by molar-refractivity contribution is 5.85. The van der Waals surface area contributed by atoms with Crippen LogP contribution in [0.4, 0.5) is 5.69 Å². The molecule has 0 unspecified atom stereocenters. The van der Waals surface area contributed by atoms with Gasteiger partial charge in [-0.1, -0.05) is 87.7 Å². The van der Waals surface area contributed by atoms with Crippen molar-refractivity contribution < 1.29 is 0 Å². The van der Waals surface area contributed by atoms with E-state index in [1.165, 1.54) is 62.6 Å². The lowest BCUT2D eigenvalue weighted by atomic mass is 9.80. The van der Waals surface area contributed by atoms with Crippen molar-refractivity contribution in [1.29, 1.82) is 0 Å². The number of allylic oxidation sites excluding steroid dienone is 3. The van der Waals surface area contributed by atoms with Gasteiger partial charge in [-0.3, -0.25) is 0 Å². The van der Waals surface area contributed by atoms with Crippen molar-refractivity contribution in [3.8, 4) is 0 Å². The minimum absolute atomic E-state index is 0.0666. The molecule has 1 heteroatoms. The Morgan fingerprint density at radius 2 is 1.72 bits per heavy atom. The topological polar surface area (TPSA) is 12.0 Å². The number of nitrogens with one attached hydrogen (secondary N) is 1. The third-order valence-electron chi connectivity index (χ3n) is 6.81. The van der Waals surface area contributed by atoms with Gasteiger partial charge in [0.05, 0.1) is 5.54 Å². The molecule has 2 aromatic rings. The number of rotatable bonds is 8. The van der Waals surface area contributed by atoms with Gasteiger partial charge in [-0.05, 0) is 72.4 Å². The van der Waals surface area contributed by atoms with E-state index in [0.717, 1.165) is 0 Å². The van der Waals surface area contributed by atoms with Crippen molar-refractivity contribution in [3.63, 3.8) is 0 Å². The molecule has 0 aliphatic heterocycles. The number of anilines is 1. The molecule has 0 radical (unpaired) electrons. The molecule has 0 spiro atoms. The fourth-order valence-corrected chi connectivity index (χ4v) is 5.60. The average molecular weight is 386 g/mol. The van der Waals surface area contributed by atoms with Crippen LogP contribution in [-0.2, 0) is 0 Å². The maximum atomic E-state index is 4.06. The van der Waals surface area contributed by atoms with Crippen LogP contribution in [0.1, 0.15) is 70.8 Å². The van der Waals surface area contributed by atoms with Crippen LogP contribution >= 0.6 is 0 Å². The molecule has 0 aromatic heterocycles. The van der Waals surface area contributed by atoms with Crippen LogP contribution in [0, 0.1) is 5.92 Å². The van der Waals surface area contributed by atoms with Gasteiger partial charge in [-0.15, -0.1) is 0 Å². The Morgan fingerprint density at radius 1 is 1.00 bits per heavy atom. The molecular weight excluding hydrogens is 350 g/mol. The Hall–Kier alpha value is -2.28. The summed E-state index contributed by atoms with van der Waals surface area (Å²) in [4.78, 5) is 0. The van der Waals surface area contributed by atoms with Crippen molar-refractivity contribution >= 4 is 11.3 Å². The standard InChI is InChI=1S/C28H35N/c1-3-5-14-22(13-4-2)26-21-24-17-12-20-28(24,29-25-18-10-7-11-19-25)27(26)23-15-8-6-9-16-23/h6-11,14-16,18-19,24,29H,3-5,12-13,17,20-21H2,1-2H3/t24-,28+/m0/s1. The zero-order valence-electron chi connectivity index (χ0n) is 18.1. The summed E-state index contributed by atoms with van der Waals surface area (Å²) < 4.78 is 0. The summed E-state index contributed by atoms with van der Waals surface area (Å²) in [5.41, 5.74) is 7.56.